The molecular weight excluding hydrogens is 617 g/mol. The van der Waals surface area contributed by atoms with Gasteiger partial charge in [-0.15, -0.1) is 0 Å². The fourth-order valence-electron chi connectivity index (χ4n) is 8.20. The standard InChI is InChI=1S/C49H38N2/c1-31-18-21-36(49(2,3)4)30-48(31)50(37-12-6-5-7-13-37)38-22-19-32-26-42-44(28-34(32)24-38)43-27-33-20-23-39(25-35(33)29-45(42)43)51-46-16-10-8-14-40(46)41-15-9-11-17-47(41)51/h5-30H,1-4H3. The van der Waals surface area contributed by atoms with E-state index in [2.05, 4.69) is 195 Å². The Balaban J connectivity index is 1.07. The van der Waals surface area contributed by atoms with Gasteiger partial charge in [-0.3, -0.25) is 0 Å². The van der Waals surface area contributed by atoms with Crippen molar-refractivity contribution in [1.82, 2.24) is 4.57 Å². The highest BCUT2D eigenvalue weighted by molar-refractivity contribution is 6.13. The van der Waals surface area contributed by atoms with E-state index < -0.39 is 0 Å². The Labute approximate surface area is 298 Å². The first kappa shape index (κ1) is 29.8. The lowest BCUT2D eigenvalue weighted by Gasteiger charge is -2.30. The SMILES string of the molecule is Cc1ccc(C(C)(C)C)cc1N(c1ccccc1)c1ccc2cc3c(cc2c1)-c1cc2ccc(-n4c5ccccc5c5ccccc54)cc2cc1-3. The van der Waals surface area contributed by atoms with Crippen molar-refractivity contribution in [3.8, 4) is 27.9 Å². The molecule has 1 aromatic heterocycles. The molecule has 0 fully saturated rings. The van der Waals surface area contributed by atoms with Crippen molar-refractivity contribution >= 4 is 60.4 Å². The number of para-hydroxylation sites is 3. The third-order valence-corrected chi connectivity index (χ3v) is 10.9. The molecule has 2 heteroatoms. The molecule has 244 valence electrons. The molecule has 1 aliphatic carbocycles. The van der Waals surface area contributed by atoms with E-state index in [4.69, 9.17) is 0 Å². The van der Waals surface area contributed by atoms with Crippen LogP contribution in [0.2, 0.25) is 0 Å². The summed E-state index contributed by atoms with van der Waals surface area (Å²) in [5.74, 6) is 0. The fourth-order valence-corrected chi connectivity index (χ4v) is 8.20. The number of hydrogen-bond acceptors (Lipinski definition) is 1. The Morgan fingerprint density at radius 2 is 1.00 bits per heavy atom. The van der Waals surface area contributed by atoms with Gasteiger partial charge >= 0.3 is 0 Å². The molecule has 51 heavy (non-hydrogen) atoms. The molecule has 8 aromatic carbocycles. The maximum Gasteiger partial charge on any atom is 0.0541 e. The van der Waals surface area contributed by atoms with E-state index >= 15 is 0 Å². The molecule has 2 nitrogen and oxygen atoms in total. The average molecular weight is 655 g/mol. The van der Waals surface area contributed by atoms with Gasteiger partial charge in [-0.2, -0.15) is 0 Å². The van der Waals surface area contributed by atoms with Crippen LogP contribution in [0, 0.1) is 6.92 Å². The van der Waals surface area contributed by atoms with Gasteiger partial charge in [-0.1, -0.05) is 99.6 Å². The normalized spacial score (nSPS) is 12.3. The van der Waals surface area contributed by atoms with Gasteiger partial charge in [-0.05, 0) is 146 Å². The highest BCUT2D eigenvalue weighted by atomic mass is 15.1. The maximum atomic E-state index is 2.42. The van der Waals surface area contributed by atoms with Gasteiger partial charge in [0.15, 0.2) is 0 Å². The molecule has 0 spiro atoms. The van der Waals surface area contributed by atoms with Crippen molar-refractivity contribution in [2.75, 3.05) is 4.90 Å². The van der Waals surface area contributed by atoms with Crippen molar-refractivity contribution in [3.63, 3.8) is 0 Å². The molecule has 0 unspecified atom stereocenters. The number of benzene rings is 8. The van der Waals surface area contributed by atoms with Gasteiger partial charge < -0.3 is 9.47 Å². The zero-order chi connectivity index (χ0) is 34.4. The van der Waals surface area contributed by atoms with Crippen molar-refractivity contribution in [3.05, 3.63) is 169 Å². The second-order valence-electron chi connectivity index (χ2n) is 15.2. The summed E-state index contributed by atoms with van der Waals surface area (Å²) in [6.07, 6.45) is 0. The number of hydrogen-bond donors (Lipinski definition) is 0. The largest absolute Gasteiger partial charge is 0.310 e. The molecule has 0 N–H and O–H groups in total. The van der Waals surface area contributed by atoms with E-state index in [1.54, 1.807) is 0 Å². The van der Waals surface area contributed by atoms with Gasteiger partial charge in [-0.25, -0.2) is 0 Å². The van der Waals surface area contributed by atoms with Gasteiger partial charge in [0.25, 0.3) is 0 Å². The lowest BCUT2D eigenvalue weighted by atomic mass is 9.78. The smallest absolute Gasteiger partial charge is 0.0541 e. The lowest BCUT2D eigenvalue weighted by Crippen LogP contribution is -2.15. The summed E-state index contributed by atoms with van der Waals surface area (Å²) in [5, 5.41) is 7.62. The second kappa shape index (κ2) is 10.9. The van der Waals surface area contributed by atoms with E-state index in [-0.39, 0.29) is 5.41 Å². The molecule has 1 heterocycles. The predicted octanol–water partition coefficient (Wildman–Crippen LogP) is 13.8. The van der Waals surface area contributed by atoms with E-state index in [0.717, 1.165) is 5.69 Å². The third-order valence-electron chi connectivity index (χ3n) is 10.9. The number of fused-ring (bicyclic) bond motifs is 9. The summed E-state index contributed by atoms with van der Waals surface area (Å²) in [6, 6.07) is 58.5. The Hall–Kier alpha value is -6.12. The quantitative estimate of drug-likeness (QED) is 0.183. The number of nitrogens with zero attached hydrogens (tertiary/aromatic N) is 2. The molecule has 10 rings (SSSR count). The molecule has 0 aliphatic heterocycles. The molecule has 0 bridgehead atoms. The Morgan fingerprint density at radius 1 is 0.451 bits per heavy atom. The van der Waals surface area contributed by atoms with Crippen LogP contribution in [-0.4, -0.2) is 4.57 Å². The van der Waals surface area contributed by atoms with Crippen LogP contribution in [-0.2, 0) is 5.41 Å². The molecule has 0 saturated heterocycles. The van der Waals surface area contributed by atoms with Crippen LogP contribution >= 0.6 is 0 Å². The first-order valence-corrected chi connectivity index (χ1v) is 17.9. The third kappa shape index (κ3) is 4.63. The fraction of sp³-hybridized carbons (Fsp3) is 0.102. The summed E-state index contributed by atoms with van der Waals surface area (Å²) in [5.41, 5.74) is 15.2. The van der Waals surface area contributed by atoms with Crippen molar-refractivity contribution in [2.24, 2.45) is 0 Å². The topological polar surface area (TPSA) is 8.17 Å². The van der Waals surface area contributed by atoms with E-state index in [9.17, 15) is 0 Å². The zero-order valence-electron chi connectivity index (χ0n) is 29.4. The molecule has 0 amide bonds. The van der Waals surface area contributed by atoms with Gasteiger partial charge in [0, 0.05) is 33.5 Å². The van der Waals surface area contributed by atoms with Crippen molar-refractivity contribution in [2.45, 2.75) is 33.1 Å². The highest BCUT2D eigenvalue weighted by Gasteiger charge is 2.25. The summed E-state index contributed by atoms with van der Waals surface area (Å²) < 4.78 is 2.40. The zero-order valence-corrected chi connectivity index (χ0v) is 29.4. The first-order valence-electron chi connectivity index (χ1n) is 17.9. The minimum absolute atomic E-state index is 0.0562. The number of rotatable bonds is 4. The average Bonchev–Trinajstić information content (AvgIpc) is 3.48. The molecule has 0 atom stereocenters. The second-order valence-corrected chi connectivity index (χ2v) is 15.2. The summed E-state index contributed by atoms with van der Waals surface area (Å²) in [4.78, 5) is 2.42. The van der Waals surface area contributed by atoms with Crippen molar-refractivity contribution in [1.29, 1.82) is 0 Å². The minimum Gasteiger partial charge on any atom is -0.310 e. The highest BCUT2D eigenvalue weighted by Crippen LogP contribution is 2.51. The van der Waals surface area contributed by atoms with Crippen LogP contribution in [0.5, 0.6) is 0 Å². The monoisotopic (exact) mass is 654 g/mol. The summed E-state index contributed by atoms with van der Waals surface area (Å²) in [6.45, 7) is 9.07. The molecule has 9 aromatic rings. The molecule has 1 aliphatic rings. The molecule has 0 radical (unpaired) electrons. The molecular formula is C49H38N2. The van der Waals surface area contributed by atoms with Crippen LogP contribution in [0.3, 0.4) is 0 Å². The van der Waals surface area contributed by atoms with Crippen LogP contribution in [0.1, 0.15) is 31.9 Å². The van der Waals surface area contributed by atoms with Gasteiger partial charge in [0.1, 0.15) is 0 Å². The van der Waals surface area contributed by atoms with Crippen molar-refractivity contribution < 1.29 is 0 Å². The Bertz CT molecular complexity index is 2800. The van der Waals surface area contributed by atoms with Gasteiger partial charge in [0.2, 0.25) is 0 Å². The lowest BCUT2D eigenvalue weighted by molar-refractivity contribution is 0.590. The van der Waals surface area contributed by atoms with Crippen LogP contribution in [0.25, 0.3) is 71.3 Å². The number of aryl methyl sites for hydroxylation is 1. The summed E-state index contributed by atoms with van der Waals surface area (Å²) >= 11 is 0. The maximum absolute atomic E-state index is 2.42. The Kier molecular flexibility index (Phi) is 6.38. The minimum atomic E-state index is 0.0562. The van der Waals surface area contributed by atoms with E-state index in [1.807, 2.05) is 0 Å². The van der Waals surface area contributed by atoms with Crippen LogP contribution < -0.4 is 4.90 Å². The first-order chi connectivity index (χ1) is 24.8. The van der Waals surface area contributed by atoms with Crippen LogP contribution in [0.15, 0.2) is 158 Å². The van der Waals surface area contributed by atoms with Gasteiger partial charge in [0.05, 0.1) is 11.0 Å². The summed E-state index contributed by atoms with van der Waals surface area (Å²) in [7, 11) is 0. The predicted molar refractivity (Wildman–Crippen MR) is 218 cm³/mol. The van der Waals surface area contributed by atoms with E-state index in [0.29, 0.717) is 0 Å². The number of aromatic nitrogens is 1. The van der Waals surface area contributed by atoms with Crippen LogP contribution in [0.4, 0.5) is 17.1 Å². The van der Waals surface area contributed by atoms with E-state index in [1.165, 1.54) is 93.8 Å². The Morgan fingerprint density at radius 3 is 1.63 bits per heavy atom. The molecule has 0 saturated carbocycles. The number of anilines is 3.